The summed E-state index contributed by atoms with van der Waals surface area (Å²) in [5.41, 5.74) is 1.51. The first-order valence-electron chi connectivity index (χ1n) is 7.18. The number of aliphatic hydroxyl groups excluding tert-OH is 1. The van der Waals surface area contributed by atoms with E-state index in [4.69, 9.17) is 4.74 Å². The lowest BCUT2D eigenvalue weighted by Crippen LogP contribution is -2.40. The maximum absolute atomic E-state index is 12.2. The molecule has 1 aliphatic rings. The Bertz CT molecular complexity index is 632. The van der Waals surface area contributed by atoms with Crippen molar-refractivity contribution < 1.29 is 14.6 Å². The Labute approximate surface area is 122 Å². The van der Waals surface area contributed by atoms with E-state index in [0.717, 1.165) is 29.4 Å². The van der Waals surface area contributed by atoms with Crippen LogP contribution in [0.4, 0.5) is 0 Å². The van der Waals surface area contributed by atoms with Crippen LogP contribution in [0.15, 0.2) is 24.5 Å². The second-order valence-electron chi connectivity index (χ2n) is 5.27. The molecule has 2 N–H and O–H groups in total. The average molecular weight is 289 g/mol. The fourth-order valence-electron chi connectivity index (χ4n) is 2.71. The predicted octanol–water partition coefficient (Wildman–Crippen LogP) is 0.824. The third-order valence-corrected chi connectivity index (χ3v) is 3.79. The second kappa shape index (κ2) is 6.24. The van der Waals surface area contributed by atoms with E-state index in [1.165, 1.54) is 0 Å². The maximum atomic E-state index is 12.2. The van der Waals surface area contributed by atoms with Crippen molar-refractivity contribution in [1.29, 1.82) is 0 Å². The number of carbonyl (C=O) groups is 1. The highest BCUT2D eigenvalue weighted by Gasteiger charge is 2.17. The van der Waals surface area contributed by atoms with E-state index in [-0.39, 0.29) is 25.1 Å². The Morgan fingerprint density at radius 1 is 1.48 bits per heavy atom. The monoisotopic (exact) mass is 289 g/mol. The molecule has 0 radical (unpaired) electrons. The van der Waals surface area contributed by atoms with Gasteiger partial charge in [0, 0.05) is 42.6 Å². The average Bonchev–Trinajstić information content (AvgIpc) is 2.86. The normalized spacial score (nSPS) is 16.2. The lowest BCUT2D eigenvalue weighted by atomic mass is 10.1. The van der Waals surface area contributed by atoms with Crippen molar-refractivity contribution in [2.24, 2.45) is 0 Å². The van der Waals surface area contributed by atoms with Crippen molar-refractivity contribution in [2.45, 2.75) is 32.0 Å². The highest BCUT2D eigenvalue weighted by atomic mass is 16.5. The van der Waals surface area contributed by atoms with Crippen LogP contribution in [0.5, 0.6) is 0 Å². The van der Waals surface area contributed by atoms with Crippen molar-refractivity contribution in [3.8, 4) is 0 Å². The van der Waals surface area contributed by atoms with Gasteiger partial charge in [-0.2, -0.15) is 0 Å². The largest absolute Gasteiger partial charge is 0.392 e. The van der Waals surface area contributed by atoms with Crippen molar-refractivity contribution in [1.82, 2.24) is 14.9 Å². The lowest BCUT2D eigenvalue weighted by molar-refractivity contribution is -0.122. The smallest absolute Gasteiger partial charge is 0.240 e. The SMILES string of the molecule is O=C(Cn1cc(CO)c2cccnc21)NC1CCOCC1. The van der Waals surface area contributed by atoms with Crippen LogP contribution in [-0.2, 0) is 22.7 Å². The van der Waals surface area contributed by atoms with E-state index >= 15 is 0 Å². The van der Waals surface area contributed by atoms with Gasteiger partial charge in [-0.15, -0.1) is 0 Å². The molecule has 0 unspecified atom stereocenters. The van der Waals surface area contributed by atoms with E-state index < -0.39 is 0 Å². The summed E-state index contributed by atoms with van der Waals surface area (Å²) in [6.45, 7) is 1.56. The Morgan fingerprint density at radius 3 is 3.05 bits per heavy atom. The van der Waals surface area contributed by atoms with Crippen LogP contribution < -0.4 is 5.32 Å². The molecule has 21 heavy (non-hydrogen) atoms. The number of nitrogens with zero attached hydrogens (tertiary/aromatic N) is 2. The van der Waals surface area contributed by atoms with E-state index in [1.807, 2.05) is 12.1 Å². The van der Waals surface area contributed by atoms with Crippen LogP contribution in [-0.4, -0.2) is 39.8 Å². The number of aliphatic hydroxyl groups is 1. The van der Waals surface area contributed by atoms with Gasteiger partial charge >= 0.3 is 0 Å². The molecule has 112 valence electrons. The molecule has 2 aromatic rings. The standard InChI is InChI=1S/C15H19N3O3/c19-10-11-8-18(15-13(11)2-1-5-16-15)9-14(20)17-12-3-6-21-7-4-12/h1-2,5,8,12,19H,3-4,6-7,9-10H2,(H,17,20). The number of ether oxygens (including phenoxy) is 1. The summed E-state index contributed by atoms with van der Waals surface area (Å²) in [5, 5.41) is 13.3. The quantitative estimate of drug-likeness (QED) is 0.874. The maximum Gasteiger partial charge on any atom is 0.240 e. The third kappa shape index (κ3) is 3.06. The van der Waals surface area contributed by atoms with E-state index in [0.29, 0.717) is 13.2 Å². The van der Waals surface area contributed by atoms with Crippen LogP contribution >= 0.6 is 0 Å². The van der Waals surface area contributed by atoms with E-state index in [1.54, 1.807) is 17.0 Å². The van der Waals surface area contributed by atoms with Gasteiger partial charge in [-0.1, -0.05) is 0 Å². The Balaban J connectivity index is 1.73. The molecule has 0 bridgehead atoms. The van der Waals surface area contributed by atoms with Crippen LogP contribution in [0.1, 0.15) is 18.4 Å². The fourth-order valence-corrected chi connectivity index (χ4v) is 2.71. The van der Waals surface area contributed by atoms with Gasteiger partial charge in [-0.25, -0.2) is 4.98 Å². The van der Waals surface area contributed by atoms with Gasteiger partial charge < -0.3 is 19.7 Å². The third-order valence-electron chi connectivity index (χ3n) is 3.79. The first-order chi connectivity index (χ1) is 10.3. The molecule has 3 rings (SSSR count). The summed E-state index contributed by atoms with van der Waals surface area (Å²) in [4.78, 5) is 16.5. The Kier molecular flexibility index (Phi) is 4.17. The second-order valence-corrected chi connectivity index (χ2v) is 5.27. The first-order valence-corrected chi connectivity index (χ1v) is 7.18. The van der Waals surface area contributed by atoms with Gasteiger partial charge in [0.1, 0.15) is 12.2 Å². The van der Waals surface area contributed by atoms with Crippen LogP contribution in [0.3, 0.4) is 0 Å². The predicted molar refractivity (Wildman–Crippen MR) is 77.6 cm³/mol. The number of hydrogen-bond donors (Lipinski definition) is 2. The van der Waals surface area contributed by atoms with Gasteiger partial charge in [0.05, 0.1) is 6.61 Å². The van der Waals surface area contributed by atoms with Crippen LogP contribution in [0.25, 0.3) is 11.0 Å². The summed E-state index contributed by atoms with van der Waals surface area (Å²) in [6.07, 6.45) is 5.20. The van der Waals surface area contributed by atoms with E-state index in [2.05, 4.69) is 10.3 Å². The molecule has 0 spiro atoms. The molecule has 1 aliphatic heterocycles. The minimum absolute atomic E-state index is 0.0334. The van der Waals surface area contributed by atoms with Gasteiger partial charge in [0.2, 0.25) is 5.91 Å². The molecule has 0 saturated carbocycles. The summed E-state index contributed by atoms with van der Waals surface area (Å²) >= 11 is 0. The summed E-state index contributed by atoms with van der Waals surface area (Å²) in [6, 6.07) is 3.92. The number of aromatic nitrogens is 2. The van der Waals surface area contributed by atoms with Crippen molar-refractivity contribution in [2.75, 3.05) is 13.2 Å². The van der Waals surface area contributed by atoms with Crippen molar-refractivity contribution in [3.05, 3.63) is 30.1 Å². The summed E-state index contributed by atoms with van der Waals surface area (Å²) < 4.78 is 7.07. The van der Waals surface area contributed by atoms with Gasteiger partial charge in [-0.05, 0) is 25.0 Å². The first kappa shape index (κ1) is 14.0. The molecular formula is C15H19N3O3. The van der Waals surface area contributed by atoms with Gasteiger partial charge in [0.25, 0.3) is 0 Å². The number of hydrogen-bond acceptors (Lipinski definition) is 4. The van der Waals surface area contributed by atoms with Crippen molar-refractivity contribution >= 4 is 16.9 Å². The highest BCUT2D eigenvalue weighted by Crippen LogP contribution is 2.19. The van der Waals surface area contributed by atoms with E-state index in [9.17, 15) is 9.90 Å². The molecule has 1 saturated heterocycles. The number of fused-ring (bicyclic) bond motifs is 1. The molecule has 0 atom stereocenters. The molecule has 6 nitrogen and oxygen atoms in total. The summed E-state index contributed by atoms with van der Waals surface area (Å²) in [7, 11) is 0. The number of carbonyl (C=O) groups excluding carboxylic acids is 1. The highest BCUT2D eigenvalue weighted by molar-refractivity contribution is 5.83. The zero-order chi connectivity index (χ0) is 14.7. The molecule has 0 aliphatic carbocycles. The molecule has 6 heteroatoms. The van der Waals surface area contributed by atoms with Gasteiger partial charge in [-0.3, -0.25) is 4.79 Å². The van der Waals surface area contributed by atoms with Crippen LogP contribution in [0.2, 0.25) is 0 Å². The molecule has 3 heterocycles. The van der Waals surface area contributed by atoms with Crippen molar-refractivity contribution in [3.63, 3.8) is 0 Å². The number of pyridine rings is 1. The molecular weight excluding hydrogens is 270 g/mol. The summed E-state index contributed by atoms with van der Waals surface area (Å²) in [5.74, 6) is -0.0334. The Morgan fingerprint density at radius 2 is 2.29 bits per heavy atom. The number of amides is 1. The Hall–Kier alpha value is -1.92. The molecule has 1 fully saturated rings. The minimum Gasteiger partial charge on any atom is -0.392 e. The van der Waals surface area contributed by atoms with Crippen LogP contribution in [0, 0.1) is 0 Å². The fraction of sp³-hybridized carbons (Fsp3) is 0.467. The zero-order valence-corrected chi connectivity index (χ0v) is 11.8. The number of rotatable bonds is 4. The number of nitrogens with one attached hydrogen (secondary N) is 1. The molecule has 0 aromatic carbocycles. The molecule has 2 aromatic heterocycles. The molecule has 1 amide bonds. The van der Waals surface area contributed by atoms with Gasteiger partial charge in [0.15, 0.2) is 0 Å². The topological polar surface area (TPSA) is 76.4 Å². The minimum atomic E-state index is -0.0588. The lowest BCUT2D eigenvalue weighted by Gasteiger charge is -2.23. The zero-order valence-electron chi connectivity index (χ0n) is 11.8.